The molecular formula is C21H20N4O6S2. The highest BCUT2D eigenvalue weighted by atomic mass is 32.2. The van der Waals surface area contributed by atoms with E-state index in [1.807, 2.05) is 0 Å². The number of carbonyl (C=O) groups excluding carboxylic acids is 2. The van der Waals surface area contributed by atoms with Gasteiger partial charge in [-0.1, -0.05) is 30.0 Å². The molecule has 1 saturated heterocycles. The summed E-state index contributed by atoms with van der Waals surface area (Å²) in [7, 11) is 0. The first-order valence-electron chi connectivity index (χ1n) is 9.78. The molecule has 2 aliphatic heterocycles. The van der Waals surface area contributed by atoms with Crippen LogP contribution in [-0.2, 0) is 14.4 Å². The lowest BCUT2D eigenvalue weighted by Gasteiger charge is -2.49. The van der Waals surface area contributed by atoms with E-state index in [4.69, 9.17) is 5.73 Å². The first-order chi connectivity index (χ1) is 15.8. The standard InChI is InChI=1S/C21H20N4O6S2/c22-11-5-3-4-10(8-11)16(26)17(27)24-14-18(28)25-15(20(29)30)12(9-32-19(14)25)21(31)33-13-6-1-2-7-23-13/h1-8,14,16,19,21,26,31H,9,22H2,(H,24,27)(H,29,30)/t14?,16?,19-,21?/m0/s1. The Hall–Kier alpha value is -3.06. The van der Waals surface area contributed by atoms with Gasteiger partial charge in [0, 0.05) is 23.2 Å². The maximum Gasteiger partial charge on any atom is 0.352 e. The zero-order chi connectivity index (χ0) is 23.7. The van der Waals surface area contributed by atoms with E-state index < -0.39 is 40.7 Å². The number of nitrogen functional groups attached to an aromatic ring is 1. The Morgan fingerprint density at radius 3 is 2.70 bits per heavy atom. The smallest absolute Gasteiger partial charge is 0.352 e. The second-order valence-electron chi connectivity index (χ2n) is 7.29. The van der Waals surface area contributed by atoms with E-state index >= 15 is 0 Å². The summed E-state index contributed by atoms with van der Waals surface area (Å²) in [5.41, 5.74) is 4.99. The van der Waals surface area contributed by atoms with Gasteiger partial charge in [-0.05, 0) is 29.8 Å². The quantitative estimate of drug-likeness (QED) is 0.161. The highest BCUT2D eigenvalue weighted by Crippen LogP contribution is 2.43. The molecule has 6 N–H and O–H groups in total. The Bertz CT molecular complexity index is 1130. The topological polar surface area (TPSA) is 166 Å². The first-order valence-corrected chi connectivity index (χ1v) is 11.7. The molecule has 3 heterocycles. The number of aliphatic hydroxyl groups is 2. The average molecular weight is 489 g/mol. The molecule has 4 atom stereocenters. The van der Waals surface area contributed by atoms with Crippen molar-refractivity contribution in [3.8, 4) is 0 Å². The third kappa shape index (κ3) is 4.55. The maximum atomic E-state index is 12.8. The molecule has 2 aliphatic rings. The van der Waals surface area contributed by atoms with Crippen LogP contribution < -0.4 is 11.1 Å². The van der Waals surface area contributed by atoms with Crippen LogP contribution >= 0.6 is 23.5 Å². The van der Waals surface area contributed by atoms with E-state index in [-0.39, 0.29) is 22.6 Å². The van der Waals surface area contributed by atoms with E-state index in [1.165, 1.54) is 23.9 Å². The van der Waals surface area contributed by atoms with Gasteiger partial charge in [0.25, 0.3) is 11.8 Å². The number of aliphatic hydroxyl groups excluding tert-OH is 2. The number of carboxylic acid groups (broad SMARTS) is 1. The normalized spacial score (nSPS) is 21.6. The Kier molecular flexibility index (Phi) is 6.61. The number of benzene rings is 1. The fraction of sp³-hybridized carbons (Fsp3) is 0.238. The number of anilines is 1. The van der Waals surface area contributed by atoms with Crippen LogP contribution in [-0.4, -0.2) is 65.6 Å². The summed E-state index contributed by atoms with van der Waals surface area (Å²) in [6.07, 6.45) is 0.0167. The third-order valence-corrected chi connectivity index (χ3v) is 7.43. The van der Waals surface area contributed by atoms with Gasteiger partial charge in [-0.3, -0.25) is 14.5 Å². The van der Waals surface area contributed by atoms with Crippen molar-refractivity contribution in [2.45, 2.75) is 28.0 Å². The third-order valence-electron chi connectivity index (χ3n) is 5.14. The van der Waals surface area contributed by atoms with Crippen molar-refractivity contribution in [2.24, 2.45) is 0 Å². The molecular weight excluding hydrogens is 468 g/mol. The van der Waals surface area contributed by atoms with Gasteiger partial charge in [0.1, 0.15) is 22.5 Å². The second-order valence-corrected chi connectivity index (χ2v) is 9.49. The Balaban J connectivity index is 1.49. The number of aliphatic carboxylic acids is 1. The number of nitrogens with zero attached hydrogens (tertiary/aromatic N) is 2. The minimum absolute atomic E-state index is 0.140. The number of hydrogen-bond acceptors (Lipinski definition) is 9. The summed E-state index contributed by atoms with van der Waals surface area (Å²) >= 11 is 2.19. The van der Waals surface area contributed by atoms with Crippen LogP contribution in [0.4, 0.5) is 5.69 Å². The highest BCUT2D eigenvalue weighted by Gasteiger charge is 2.55. The van der Waals surface area contributed by atoms with Gasteiger partial charge < -0.3 is 26.4 Å². The second kappa shape index (κ2) is 9.43. The number of β-lactam (4-membered cyclic amide) rings is 1. The molecule has 10 nitrogen and oxygen atoms in total. The zero-order valence-corrected chi connectivity index (χ0v) is 18.6. The van der Waals surface area contributed by atoms with E-state index in [2.05, 4.69) is 10.3 Å². The molecule has 1 aromatic heterocycles. The molecule has 2 aromatic rings. The van der Waals surface area contributed by atoms with Crippen molar-refractivity contribution < 1.29 is 29.7 Å². The number of nitrogens with two attached hydrogens (primary N) is 1. The predicted molar refractivity (Wildman–Crippen MR) is 122 cm³/mol. The number of thioether (sulfide) groups is 2. The fourth-order valence-corrected chi connectivity index (χ4v) is 5.88. The van der Waals surface area contributed by atoms with Crippen molar-refractivity contribution in [1.82, 2.24) is 15.2 Å². The average Bonchev–Trinajstić information content (AvgIpc) is 2.81. The van der Waals surface area contributed by atoms with E-state index in [0.29, 0.717) is 10.7 Å². The molecule has 0 bridgehead atoms. The molecule has 33 heavy (non-hydrogen) atoms. The highest BCUT2D eigenvalue weighted by molar-refractivity contribution is 8.01. The number of aromatic nitrogens is 1. The number of nitrogens with one attached hydrogen (secondary N) is 1. The van der Waals surface area contributed by atoms with Crippen LogP contribution in [0.2, 0.25) is 0 Å². The van der Waals surface area contributed by atoms with Gasteiger partial charge in [0.2, 0.25) is 0 Å². The van der Waals surface area contributed by atoms with Gasteiger partial charge >= 0.3 is 5.97 Å². The largest absolute Gasteiger partial charge is 0.477 e. The lowest BCUT2D eigenvalue weighted by atomic mass is 10.0. The molecule has 0 aliphatic carbocycles. The van der Waals surface area contributed by atoms with Crippen LogP contribution in [0.1, 0.15) is 11.7 Å². The van der Waals surface area contributed by atoms with Crippen molar-refractivity contribution >= 4 is 47.0 Å². The molecule has 0 spiro atoms. The van der Waals surface area contributed by atoms with E-state index in [9.17, 15) is 29.7 Å². The van der Waals surface area contributed by atoms with Crippen LogP contribution in [0.25, 0.3) is 0 Å². The molecule has 1 fully saturated rings. The minimum atomic E-state index is -1.54. The summed E-state index contributed by atoms with van der Waals surface area (Å²) in [6.45, 7) is 0. The van der Waals surface area contributed by atoms with Crippen molar-refractivity contribution in [3.63, 3.8) is 0 Å². The monoisotopic (exact) mass is 488 g/mol. The molecule has 1 aromatic carbocycles. The zero-order valence-electron chi connectivity index (χ0n) is 17.0. The summed E-state index contributed by atoms with van der Waals surface area (Å²) in [5, 5.41) is 33.0. The molecule has 12 heteroatoms. The first kappa shape index (κ1) is 23.1. The van der Waals surface area contributed by atoms with Gasteiger partial charge in [-0.15, -0.1) is 11.8 Å². The van der Waals surface area contributed by atoms with E-state index in [0.717, 1.165) is 16.7 Å². The summed E-state index contributed by atoms with van der Waals surface area (Å²) in [4.78, 5) is 42.4. The molecule has 172 valence electrons. The Morgan fingerprint density at radius 2 is 2.03 bits per heavy atom. The molecule has 0 radical (unpaired) electrons. The van der Waals surface area contributed by atoms with Crippen molar-refractivity contribution in [1.29, 1.82) is 0 Å². The van der Waals surface area contributed by atoms with Crippen molar-refractivity contribution in [3.05, 3.63) is 65.5 Å². The molecule has 4 rings (SSSR count). The fourth-order valence-electron chi connectivity index (χ4n) is 3.55. The number of hydrogen-bond donors (Lipinski definition) is 5. The van der Waals surface area contributed by atoms with Crippen LogP contribution in [0.5, 0.6) is 0 Å². The van der Waals surface area contributed by atoms with Gasteiger partial charge in [0.15, 0.2) is 6.10 Å². The Morgan fingerprint density at radius 1 is 1.24 bits per heavy atom. The van der Waals surface area contributed by atoms with Crippen molar-refractivity contribution in [2.75, 3.05) is 11.5 Å². The lowest BCUT2D eigenvalue weighted by Crippen LogP contribution is -2.71. The molecule has 0 saturated carbocycles. The summed E-state index contributed by atoms with van der Waals surface area (Å²) in [6, 6.07) is 10.3. The summed E-state index contributed by atoms with van der Waals surface area (Å²) < 4.78 is 0. The van der Waals surface area contributed by atoms with Gasteiger partial charge in [0.05, 0.1) is 5.03 Å². The minimum Gasteiger partial charge on any atom is -0.477 e. The number of carbonyl (C=O) groups is 3. The number of amides is 2. The molecule has 2 amide bonds. The number of carboxylic acids is 1. The maximum absolute atomic E-state index is 12.8. The predicted octanol–water partition coefficient (Wildman–Crippen LogP) is 0.547. The lowest BCUT2D eigenvalue weighted by molar-refractivity contribution is -0.151. The van der Waals surface area contributed by atoms with Crippen LogP contribution in [0.3, 0.4) is 0 Å². The SMILES string of the molecule is Nc1cccc(C(O)C(=O)NC2C(=O)N3C(C(=O)O)=C(C(O)Sc4ccccn4)CS[C@@H]23)c1. The molecule has 3 unspecified atom stereocenters. The van der Waals surface area contributed by atoms with Gasteiger partial charge in [-0.2, -0.15) is 0 Å². The van der Waals surface area contributed by atoms with E-state index in [1.54, 1.807) is 36.5 Å². The van der Waals surface area contributed by atoms with Gasteiger partial charge in [-0.25, -0.2) is 9.78 Å². The number of rotatable bonds is 7. The van der Waals surface area contributed by atoms with Crippen LogP contribution in [0.15, 0.2) is 65.0 Å². The number of pyridine rings is 1. The number of fused-ring (bicyclic) bond motifs is 1. The Labute approximate surface area is 196 Å². The van der Waals surface area contributed by atoms with Crippen LogP contribution in [0, 0.1) is 0 Å². The summed E-state index contributed by atoms with van der Waals surface area (Å²) in [5.74, 6) is -2.64.